The number of hydrogen-bond acceptors (Lipinski definition) is 8. The lowest BCUT2D eigenvalue weighted by Gasteiger charge is -2.41. The van der Waals surface area contributed by atoms with Crippen molar-refractivity contribution in [1.29, 1.82) is 0 Å². The van der Waals surface area contributed by atoms with Crippen molar-refractivity contribution in [3.05, 3.63) is 54.3 Å². The van der Waals surface area contributed by atoms with Crippen LogP contribution in [-0.2, 0) is 4.74 Å². The number of nitrogens with one attached hydrogen (secondary N) is 1. The predicted molar refractivity (Wildman–Crippen MR) is 115 cm³/mol. The van der Waals surface area contributed by atoms with Gasteiger partial charge >= 0.3 is 0 Å². The normalized spacial score (nSPS) is 19.2. The summed E-state index contributed by atoms with van der Waals surface area (Å²) in [6.07, 6.45) is -0.597. The molecule has 8 nitrogen and oxygen atoms in total. The lowest BCUT2D eigenvalue weighted by molar-refractivity contribution is 0.0671. The summed E-state index contributed by atoms with van der Waals surface area (Å²) >= 11 is 0. The zero-order chi connectivity index (χ0) is 20.9. The first-order chi connectivity index (χ1) is 14.6. The van der Waals surface area contributed by atoms with Crippen LogP contribution in [0, 0.1) is 5.82 Å². The predicted octanol–water partition coefficient (Wildman–Crippen LogP) is 2.44. The molecule has 158 valence electrons. The number of anilines is 2. The Kier molecular flexibility index (Phi) is 5.99. The minimum Gasteiger partial charge on any atom is -0.494 e. The minimum atomic E-state index is -0.597. The molecule has 30 heavy (non-hydrogen) atoms. The van der Waals surface area contributed by atoms with Crippen LogP contribution in [0.2, 0.25) is 0 Å². The molecule has 2 aromatic carbocycles. The van der Waals surface area contributed by atoms with Gasteiger partial charge in [-0.25, -0.2) is 9.38 Å². The third kappa shape index (κ3) is 4.46. The Bertz CT molecular complexity index is 927. The highest BCUT2D eigenvalue weighted by atomic mass is 19.1. The molecule has 1 saturated heterocycles. The molecule has 9 heteroatoms. The van der Waals surface area contributed by atoms with E-state index in [-0.39, 0.29) is 11.8 Å². The summed E-state index contributed by atoms with van der Waals surface area (Å²) in [5, 5.41) is 3.36. The number of nitrogens with two attached hydrogens (primary N) is 1. The molecule has 2 aromatic rings. The van der Waals surface area contributed by atoms with E-state index in [1.165, 1.54) is 12.1 Å². The van der Waals surface area contributed by atoms with Gasteiger partial charge in [0.15, 0.2) is 0 Å². The summed E-state index contributed by atoms with van der Waals surface area (Å²) in [6.45, 7) is 5.04. The van der Waals surface area contributed by atoms with E-state index in [1.807, 2.05) is 42.2 Å². The fourth-order valence-electron chi connectivity index (χ4n) is 3.41. The summed E-state index contributed by atoms with van der Waals surface area (Å²) in [5.74, 6) is 1.22. The van der Waals surface area contributed by atoms with E-state index >= 15 is 0 Å². The minimum absolute atomic E-state index is 0.160. The molecule has 4 rings (SSSR count). The lowest BCUT2D eigenvalue weighted by atomic mass is 10.2. The van der Waals surface area contributed by atoms with Crippen molar-refractivity contribution in [2.24, 2.45) is 15.7 Å². The number of nitrogens with zero attached hydrogens (tertiary/aromatic N) is 4. The van der Waals surface area contributed by atoms with Crippen molar-refractivity contribution in [1.82, 2.24) is 4.90 Å². The van der Waals surface area contributed by atoms with Gasteiger partial charge in [0.2, 0.25) is 18.2 Å². The number of aliphatic imine (C=N–C) groups is 2. The number of guanidine groups is 2. The van der Waals surface area contributed by atoms with Crippen molar-refractivity contribution in [2.75, 3.05) is 43.1 Å². The molecular formula is C21H25FN6O2. The van der Waals surface area contributed by atoms with Crippen molar-refractivity contribution < 1.29 is 13.9 Å². The Labute approximate surface area is 174 Å². The zero-order valence-electron chi connectivity index (χ0n) is 16.8. The van der Waals surface area contributed by atoms with Gasteiger partial charge in [-0.3, -0.25) is 4.90 Å². The summed E-state index contributed by atoms with van der Waals surface area (Å²) in [7, 11) is 0. The van der Waals surface area contributed by atoms with Crippen molar-refractivity contribution in [3.63, 3.8) is 0 Å². The molecule has 2 heterocycles. The van der Waals surface area contributed by atoms with E-state index in [1.54, 1.807) is 6.07 Å². The van der Waals surface area contributed by atoms with Gasteiger partial charge in [-0.15, -0.1) is 0 Å². The molecule has 0 saturated carbocycles. The second-order valence-corrected chi connectivity index (χ2v) is 6.82. The number of morpholine rings is 1. The van der Waals surface area contributed by atoms with Crippen molar-refractivity contribution in [2.45, 2.75) is 13.2 Å². The van der Waals surface area contributed by atoms with Gasteiger partial charge in [0.25, 0.3) is 0 Å². The molecule has 3 N–H and O–H groups in total. The molecule has 0 aromatic heterocycles. The number of rotatable bonds is 5. The van der Waals surface area contributed by atoms with Gasteiger partial charge in [0.1, 0.15) is 11.6 Å². The van der Waals surface area contributed by atoms with Gasteiger partial charge in [-0.2, -0.15) is 4.99 Å². The van der Waals surface area contributed by atoms with Crippen molar-refractivity contribution in [3.8, 4) is 5.75 Å². The first kappa shape index (κ1) is 20.0. The van der Waals surface area contributed by atoms with Crippen LogP contribution < -0.4 is 20.7 Å². The average Bonchev–Trinajstić information content (AvgIpc) is 2.75. The molecule has 2 aliphatic heterocycles. The van der Waals surface area contributed by atoms with Crippen LogP contribution in [0.5, 0.6) is 5.75 Å². The molecule has 0 bridgehead atoms. The van der Waals surface area contributed by atoms with Crippen LogP contribution in [0.3, 0.4) is 0 Å². The van der Waals surface area contributed by atoms with E-state index in [4.69, 9.17) is 15.2 Å². The fraction of sp³-hybridized carbons (Fsp3) is 0.333. The third-order valence-electron chi connectivity index (χ3n) is 4.77. The van der Waals surface area contributed by atoms with Gasteiger partial charge in [0.05, 0.1) is 25.5 Å². The molecule has 0 amide bonds. The molecule has 1 unspecified atom stereocenters. The van der Waals surface area contributed by atoms with E-state index in [0.717, 1.165) is 11.4 Å². The Balaban J connectivity index is 1.67. The molecule has 1 fully saturated rings. The quantitative estimate of drug-likeness (QED) is 0.784. The van der Waals surface area contributed by atoms with Crippen molar-refractivity contribution >= 4 is 23.3 Å². The second kappa shape index (κ2) is 9.00. The van der Waals surface area contributed by atoms with Gasteiger partial charge in [0, 0.05) is 18.8 Å². The van der Waals surface area contributed by atoms with Gasteiger partial charge in [-0.05, 0) is 49.4 Å². The van der Waals surface area contributed by atoms with Crippen LogP contribution >= 0.6 is 0 Å². The zero-order valence-corrected chi connectivity index (χ0v) is 16.8. The number of halogens is 1. The molecule has 2 aliphatic rings. The van der Waals surface area contributed by atoms with Crippen LogP contribution in [0.4, 0.5) is 15.8 Å². The highest BCUT2D eigenvalue weighted by Gasteiger charge is 2.32. The second-order valence-electron chi connectivity index (χ2n) is 6.82. The Morgan fingerprint density at radius 2 is 1.97 bits per heavy atom. The highest BCUT2D eigenvalue weighted by molar-refractivity contribution is 6.06. The lowest BCUT2D eigenvalue weighted by Crippen LogP contribution is -2.57. The van der Waals surface area contributed by atoms with E-state index in [0.29, 0.717) is 44.6 Å². The molecule has 1 atom stereocenters. The van der Waals surface area contributed by atoms with Crippen LogP contribution in [0.15, 0.2) is 58.5 Å². The largest absolute Gasteiger partial charge is 0.494 e. The standard InChI is InChI=1S/C21H25FN6O2/c1-2-30-18-8-6-16(7-9-18)24-20-25-19(23)26-21(27-10-12-29-13-11-27)28(20)17-5-3-4-15(22)14-17/h3-9,14,20,24H,2,10-13H2,1H3,(H2,23,25). The monoisotopic (exact) mass is 412 g/mol. The fourth-order valence-corrected chi connectivity index (χ4v) is 3.41. The van der Waals surface area contributed by atoms with E-state index in [2.05, 4.69) is 20.2 Å². The highest BCUT2D eigenvalue weighted by Crippen LogP contribution is 2.26. The maximum atomic E-state index is 14.0. The number of hydrogen-bond donors (Lipinski definition) is 2. The SMILES string of the molecule is CCOc1ccc(NC2N=C(N)N=C(N3CCOCC3)N2c2cccc(F)c2)cc1. The smallest absolute Gasteiger partial charge is 0.222 e. The summed E-state index contributed by atoms with van der Waals surface area (Å²) < 4.78 is 25.0. The first-order valence-electron chi connectivity index (χ1n) is 9.93. The Morgan fingerprint density at radius 3 is 2.67 bits per heavy atom. The first-order valence-corrected chi connectivity index (χ1v) is 9.93. The van der Waals surface area contributed by atoms with E-state index < -0.39 is 6.29 Å². The summed E-state index contributed by atoms with van der Waals surface area (Å²) in [5.41, 5.74) is 7.50. The molecular weight excluding hydrogens is 387 g/mol. The molecule has 0 spiro atoms. The average molecular weight is 412 g/mol. The summed E-state index contributed by atoms with van der Waals surface area (Å²) in [6, 6.07) is 13.9. The number of benzene rings is 2. The Hall–Kier alpha value is -3.33. The van der Waals surface area contributed by atoms with Gasteiger partial charge < -0.3 is 25.4 Å². The third-order valence-corrected chi connectivity index (χ3v) is 4.77. The molecule has 0 radical (unpaired) electrons. The maximum Gasteiger partial charge on any atom is 0.222 e. The maximum absolute atomic E-state index is 14.0. The molecule has 0 aliphatic carbocycles. The van der Waals surface area contributed by atoms with E-state index in [9.17, 15) is 4.39 Å². The topological polar surface area (TPSA) is 87.7 Å². The Morgan fingerprint density at radius 1 is 1.20 bits per heavy atom. The summed E-state index contributed by atoms with van der Waals surface area (Å²) in [4.78, 5) is 12.9. The van der Waals surface area contributed by atoms with Crippen LogP contribution in [0.1, 0.15) is 6.92 Å². The van der Waals surface area contributed by atoms with Crippen LogP contribution in [-0.4, -0.2) is 56.0 Å². The van der Waals surface area contributed by atoms with Crippen LogP contribution in [0.25, 0.3) is 0 Å². The number of ether oxygens (including phenoxy) is 2. The van der Waals surface area contributed by atoms with Gasteiger partial charge in [-0.1, -0.05) is 6.07 Å².